The van der Waals surface area contributed by atoms with Gasteiger partial charge in [0.15, 0.2) is 11.5 Å². The number of Topliss-reactive ketones (excluding diaryl/α,β-unsaturated/α-hetero) is 1. The molecule has 8 heterocycles. The van der Waals surface area contributed by atoms with Crippen molar-refractivity contribution in [3.05, 3.63) is 263 Å². The lowest BCUT2D eigenvalue weighted by molar-refractivity contribution is -0.131. The number of likely N-dealkylation sites (tertiary alicyclic amines) is 1. The molecule has 0 aliphatic carbocycles. The maximum absolute atomic E-state index is 14.0. The Morgan fingerprint density at radius 1 is 0.485 bits per heavy atom. The molecule has 0 N–H and O–H groups in total. The number of sulfonamides is 1. The maximum Gasteiger partial charge on any atom is 0.264 e. The summed E-state index contributed by atoms with van der Waals surface area (Å²) >= 11 is 3.23. The highest BCUT2D eigenvalue weighted by atomic mass is 32.2. The summed E-state index contributed by atoms with van der Waals surface area (Å²) in [4.78, 5) is 58.4. The molecule has 1 aliphatic heterocycles. The molecule has 15 rings (SSSR count). The Kier molecular flexibility index (Phi) is 19.9. The van der Waals surface area contributed by atoms with Crippen LogP contribution in [0.1, 0.15) is 67.3 Å². The number of carbonyl (C=O) groups is 2. The molecule has 97 heavy (non-hydrogen) atoms. The summed E-state index contributed by atoms with van der Waals surface area (Å²) in [7, 11) is -3.86. The third kappa shape index (κ3) is 15.1. The Morgan fingerprint density at radius 2 is 0.948 bits per heavy atom. The first kappa shape index (κ1) is 65.1. The van der Waals surface area contributed by atoms with Crippen molar-refractivity contribution in [2.75, 3.05) is 17.4 Å². The van der Waals surface area contributed by atoms with E-state index in [-0.39, 0.29) is 23.1 Å². The van der Waals surface area contributed by atoms with E-state index in [1.807, 2.05) is 224 Å². The summed E-state index contributed by atoms with van der Waals surface area (Å²) in [5.74, 6) is 2.42. The second-order valence-electron chi connectivity index (χ2n) is 24.0. The maximum atomic E-state index is 14.0. The molecule has 1 amide bonds. The fourth-order valence-corrected chi connectivity index (χ4v) is 14.7. The monoisotopic (exact) mass is 1330 g/mol. The number of amides is 1. The average Bonchev–Trinajstić information content (AvgIpc) is 1.48. The van der Waals surface area contributed by atoms with Gasteiger partial charge in [0.05, 0.1) is 90.3 Å². The third-order valence-corrected chi connectivity index (χ3v) is 20.8. The normalized spacial score (nSPS) is 12.5. The molecule has 0 bridgehead atoms. The number of fused-ring (bicyclic) bond motifs is 3. The largest absolute Gasteiger partial charge is 0.463 e. The van der Waals surface area contributed by atoms with Gasteiger partial charge < -0.3 is 13.7 Å². The van der Waals surface area contributed by atoms with Gasteiger partial charge in [0, 0.05) is 37.1 Å². The van der Waals surface area contributed by atoms with Crippen molar-refractivity contribution in [2.24, 2.45) is 5.92 Å². The molecule has 0 unspecified atom stereocenters. The van der Waals surface area contributed by atoms with Gasteiger partial charge in [0.25, 0.3) is 10.0 Å². The van der Waals surface area contributed by atoms with Crippen LogP contribution in [-0.4, -0.2) is 68.0 Å². The lowest BCUT2D eigenvalue weighted by Gasteiger charge is -2.31. The number of furan rings is 2. The van der Waals surface area contributed by atoms with Crippen LogP contribution >= 0.6 is 22.7 Å². The molecule has 484 valence electrons. The zero-order valence-electron chi connectivity index (χ0n) is 54.2. The van der Waals surface area contributed by atoms with Gasteiger partial charge in [-0.1, -0.05) is 153 Å². The number of nitrogens with zero attached hydrogens (tertiary/aromatic N) is 8. The van der Waals surface area contributed by atoms with E-state index in [1.54, 1.807) is 47.3 Å². The summed E-state index contributed by atoms with van der Waals surface area (Å²) < 4.78 is 40.6. The van der Waals surface area contributed by atoms with Crippen molar-refractivity contribution in [2.45, 2.75) is 77.7 Å². The van der Waals surface area contributed by atoms with Gasteiger partial charge in [-0.3, -0.25) is 13.9 Å². The molecule has 1 fully saturated rings. The number of aromatic nitrogens is 6. The van der Waals surface area contributed by atoms with Crippen LogP contribution < -0.4 is 4.31 Å². The third-order valence-electron chi connectivity index (χ3n) is 17.3. The van der Waals surface area contributed by atoms with Crippen molar-refractivity contribution >= 4 is 83.2 Å². The molecule has 14 nitrogen and oxygen atoms in total. The first-order chi connectivity index (χ1) is 47.3. The fourth-order valence-electron chi connectivity index (χ4n) is 11.8. The molecule has 1 saturated heterocycles. The summed E-state index contributed by atoms with van der Waals surface area (Å²) in [5.41, 5.74) is 16.6. The SMILES string of the molecule is CCC(=O)Cc1ccc2nc(-c3ccccc3)c(-c3ccccc3)nc2c1.CCC1CCN(C(=O)Cc2ccc3nc(-c4ccco4)c(-c4ccco4)nc3c2)CC1.Cc1ccc(CN(c2ccc3nc(-c4cccs4)c(-c4cccs4)nc3c2)S(=O)(=O)c2ccc(C)cc2)cc1. The van der Waals surface area contributed by atoms with Crippen molar-refractivity contribution in [3.63, 3.8) is 0 Å². The second-order valence-corrected chi connectivity index (χ2v) is 27.8. The van der Waals surface area contributed by atoms with E-state index in [1.165, 1.54) is 10.7 Å². The topological polar surface area (TPSA) is 178 Å². The molecule has 0 spiro atoms. The zero-order chi connectivity index (χ0) is 66.8. The van der Waals surface area contributed by atoms with E-state index < -0.39 is 10.0 Å². The van der Waals surface area contributed by atoms with E-state index in [0.717, 1.165) is 125 Å². The smallest absolute Gasteiger partial charge is 0.264 e. The number of rotatable bonds is 17. The van der Waals surface area contributed by atoms with Crippen LogP contribution in [0, 0.1) is 19.8 Å². The van der Waals surface area contributed by atoms with Gasteiger partial charge in [-0.25, -0.2) is 38.3 Å². The number of hydrogen-bond donors (Lipinski definition) is 0. The van der Waals surface area contributed by atoms with E-state index in [2.05, 4.69) is 19.1 Å². The summed E-state index contributed by atoms with van der Waals surface area (Å²) in [6.07, 6.45) is 8.00. The van der Waals surface area contributed by atoms with Crippen molar-refractivity contribution < 1.29 is 26.8 Å². The van der Waals surface area contributed by atoms with Gasteiger partial charge in [-0.2, -0.15) is 0 Å². The van der Waals surface area contributed by atoms with Crippen LogP contribution in [0.25, 0.3) is 99.7 Å². The van der Waals surface area contributed by atoms with E-state index >= 15 is 0 Å². The van der Waals surface area contributed by atoms with E-state index in [9.17, 15) is 18.0 Å². The van der Waals surface area contributed by atoms with Gasteiger partial charge in [-0.15, -0.1) is 22.7 Å². The number of anilines is 1. The minimum atomic E-state index is -3.86. The first-order valence-electron chi connectivity index (χ1n) is 32.5. The number of thiophene rings is 2. The van der Waals surface area contributed by atoms with E-state index in [0.29, 0.717) is 58.9 Å². The fraction of sp³-hybridized carbons (Fsp3) is 0.175. The Bertz CT molecular complexity index is 5120. The Labute approximate surface area is 572 Å². The number of ketones is 1. The van der Waals surface area contributed by atoms with Gasteiger partial charge in [0.2, 0.25) is 5.91 Å². The van der Waals surface area contributed by atoms with Crippen molar-refractivity contribution in [3.8, 4) is 66.6 Å². The predicted octanol–water partition coefficient (Wildman–Crippen LogP) is 18.9. The number of aryl methyl sites for hydroxylation is 2. The van der Waals surface area contributed by atoms with Gasteiger partial charge in [0.1, 0.15) is 28.6 Å². The van der Waals surface area contributed by atoms with E-state index in [4.69, 9.17) is 38.7 Å². The summed E-state index contributed by atoms with van der Waals surface area (Å²) in [6, 6.07) is 67.8. The minimum absolute atomic E-state index is 0.181. The highest BCUT2D eigenvalue weighted by Crippen LogP contribution is 2.39. The number of hydrogen-bond acceptors (Lipinski definition) is 14. The van der Waals surface area contributed by atoms with Crippen molar-refractivity contribution in [1.82, 2.24) is 34.8 Å². The predicted molar refractivity (Wildman–Crippen MR) is 390 cm³/mol. The lowest BCUT2D eigenvalue weighted by atomic mass is 9.94. The highest BCUT2D eigenvalue weighted by Gasteiger charge is 2.28. The molecule has 1 aliphatic rings. The molecule has 0 saturated carbocycles. The summed E-state index contributed by atoms with van der Waals surface area (Å²) in [5, 5.41) is 4.05. The molecule has 0 atom stereocenters. The van der Waals surface area contributed by atoms with Crippen LogP contribution in [0.15, 0.2) is 249 Å². The summed E-state index contributed by atoms with van der Waals surface area (Å²) in [6.45, 7) is 10.00. The lowest BCUT2D eigenvalue weighted by Crippen LogP contribution is -2.39. The van der Waals surface area contributed by atoms with Crippen LogP contribution in [0.5, 0.6) is 0 Å². The van der Waals surface area contributed by atoms with Gasteiger partial charge in [-0.05, 0) is 151 Å². The molecule has 14 aromatic rings. The van der Waals surface area contributed by atoms with Crippen LogP contribution in [0.2, 0.25) is 0 Å². The highest BCUT2D eigenvalue weighted by molar-refractivity contribution is 7.92. The molecule has 17 heteroatoms. The van der Waals surface area contributed by atoms with Crippen LogP contribution in [0.4, 0.5) is 5.69 Å². The second kappa shape index (κ2) is 29.6. The number of carbonyl (C=O) groups excluding carboxylic acids is 2. The number of piperidine rings is 1. The molecular formula is C80H70N8O6S3. The minimum Gasteiger partial charge on any atom is -0.463 e. The standard InChI is InChI=1S/C31H25N3O2S3.C25H25N3O3.C24H20N2O/c1-21-7-11-23(12-8-21)20-34(39(35,36)25-14-9-22(2)10-15-25)24-13-16-26-27(19-24)33-31(29-6-4-18-38-29)30(32-26)28-5-3-17-37-28;1-2-17-9-11-28(12-10-17)23(29)16-18-7-8-19-20(15-18)27-25(22-6-4-14-31-22)24(26-19)21-5-3-13-30-21;1-2-20(27)15-17-13-14-21-22(16-17)26-24(19-11-7-4-8-12-19)23(25-21)18-9-5-3-6-10-18/h3-19H,20H2,1-2H3;3-8,13-15,17H,2,9-12,16H2,1H3;3-14,16H,2,15H2,1H3. The van der Waals surface area contributed by atoms with Crippen molar-refractivity contribution in [1.29, 1.82) is 0 Å². The average molecular weight is 1340 g/mol. The quantitative estimate of drug-likeness (QED) is 0.0844. The molecule has 0 radical (unpaired) electrons. The zero-order valence-corrected chi connectivity index (χ0v) is 56.7. The Hall–Kier alpha value is -10.6. The Morgan fingerprint density at radius 3 is 1.45 bits per heavy atom. The first-order valence-corrected chi connectivity index (χ1v) is 35.7. The van der Waals surface area contributed by atoms with Crippen LogP contribution in [0.3, 0.4) is 0 Å². The Balaban J connectivity index is 0.000000134. The van der Waals surface area contributed by atoms with Crippen LogP contribution in [-0.2, 0) is 39.0 Å². The van der Waals surface area contributed by atoms with Gasteiger partial charge >= 0.3 is 0 Å². The number of benzene rings is 7. The molecule has 7 aromatic carbocycles. The molecular weight excluding hydrogens is 1270 g/mol. The molecule has 7 aromatic heterocycles.